The van der Waals surface area contributed by atoms with Crippen LogP contribution >= 0.6 is 47.2 Å². The highest BCUT2D eigenvalue weighted by Gasteiger charge is 2.36. The molecule has 0 aliphatic carbocycles. The van der Waals surface area contributed by atoms with E-state index in [0.717, 1.165) is 53.4 Å². The Hall–Kier alpha value is -7.76. The second-order valence-corrected chi connectivity index (χ2v) is 17.7. The predicted octanol–water partition coefficient (Wildman–Crippen LogP) is 11.4. The standard InChI is InChI=1S/C22H23N5O3.C14H15NO.C8H9ClN4O2.C5H9NO2.C3HCl2N3.ClH/c1-3-17-13-29-22(28)27(17)21-24-14-23-20(26-21)25-15(2)16-9-11-19(12-10-16)30-18-7-5-4-6-8-18;1-11(15)12-7-9-14(10-8-12)16-13-5-3-2-4-6-13;1-2-5-3-15-8(14)13(5)7-11-4-10-6(9)12-7;1-2-4-3-8-5(7)6-4;4-2-6-1-7-3(5)8-2;/h4-12,14-15,17H,3,13H2,1-2H3,(H,23,24,25,26);2-11H,15H2,1H3;4-5H,2-3H2,1H3;4H,2-3H2,1H3,(H,6,7);1H;1H/t15-,17-;11-;5-;4-;;/m0000../s1. The molecule has 4 aromatic carbocycles. The summed E-state index contributed by atoms with van der Waals surface area (Å²) in [5.74, 6) is 4.15. The van der Waals surface area contributed by atoms with Gasteiger partial charge in [-0.05, 0) is 128 Å². The zero-order valence-corrected chi connectivity index (χ0v) is 46.1. The zero-order valence-electron chi connectivity index (χ0n) is 43.1. The van der Waals surface area contributed by atoms with Crippen LogP contribution in [0.5, 0.6) is 23.0 Å². The molecule has 10 rings (SSSR count). The first-order chi connectivity index (χ1) is 37.2. The fraction of sp³-hybridized carbons (Fsp3) is 0.308. The zero-order chi connectivity index (χ0) is 55.1. The molecule has 0 spiro atoms. The minimum absolute atomic E-state index is 0. The number of carbonyl (C=O) groups excluding carboxylic acids is 3. The van der Waals surface area contributed by atoms with Crippen molar-refractivity contribution >= 4 is 83.3 Å². The van der Waals surface area contributed by atoms with E-state index in [0.29, 0.717) is 31.7 Å². The fourth-order valence-electron chi connectivity index (χ4n) is 6.96. The number of hydrogen-bond acceptors (Lipinski definition) is 19. The van der Waals surface area contributed by atoms with Gasteiger partial charge in [-0.1, -0.05) is 81.4 Å². The smallest absolute Gasteiger partial charge is 0.417 e. The maximum absolute atomic E-state index is 12.0. The van der Waals surface area contributed by atoms with Crippen LogP contribution in [0.3, 0.4) is 0 Å². The molecule has 5 atom stereocenters. The molecule has 0 radical (unpaired) electrons. The third-order valence-electron chi connectivity index (χ3n) is 11.2. The van der Waals surface area contributed by atoms with Crippen LogP contribution < -0.4 is 35.6 Å². The minimum Gasteiger partial charge on any atom is -0.457 e. The van der Waals surface area contributed by atoms with Crippen molar-refractivity contribution in [3.8, 4) is 23.0 Å². The van der Waals surface area contributed by atoms with Crippen molar-refractivity contribution in [3.05, 3.63) is 155 Å². The Morgan fingerprint density at radius 3 is 1.41 bits per heavy atom. The van der Waals surface area contributed by atoms with Crippen molar-refractivity contribution in [1.29, 1.82) is 0 Å². The van der Waals surface area contributed by atoms with Crippen LogP contribution in [0.2, 0.25) is 15.9 Å². The SMILES string of the molecule is CC[C@H]1COC(=O)N1.CC[C@H]1COC(=O)N1c1ncnc(Cl)n1.CC[C@H]1COC(=O)N1c1ncnc(N[C@@H](C)c2ccc(Oc3ccccc3)cc2)n1.C[C@H](N)c1ccc(Oc2ccccc2)cc1.Cl.Clc1ncnc(Cl)n1. The molecule has 3 aromatic heterocycles. The van der Waals surface area contributed by atoms with E-state index < -0.39 is 12.2 Å². The summed E-state index contributed by atoms with van der Waals surface area (Å²) < 4.78 is 26.1. The lowest BCUT2D eigenvalue weighted by Crippen LogP contribution is -2.34. The Bertz CT molecular complexity index is 2930. The van der Waals surface area contributed by atoms with Gasteiger partial charge < -0.3 is 40.1 Å². The van der Waals surface area contributed by atoms with Gasteiger partial charge in [0.25, 0.3) is 0 Å². The molecule has 6 heterocycles. The normalized spacial score (nSPS) is 16.6. The van der Waals surface area contributed by atoms with Crippen LogP contribution in [-0.4, -0.2) is 101 Å². The Labute approximate surface area is 472 Å². The summed E-state index contributed by atoms with van der Waals surface area (Å²) in [5, 5.41) is 6.20. The van der Waals surface area contributed by atoms with Gasteiger partial charge >= 0.3 is 18.3 Å². The Morgan fingerprint density at radius 1 is 0.577 bits per heavy atom. The number of hydrogen-bond donors (Lipinski definition) is 3. The maximum atomic E-state index is 12.0. The molecular formula is C52H58Cl4N14O8. The van der Waals surface area contributed by atoms with Gasteiger partial charge in [-0.15, -0.1) is 12.4 Å². The molecule has 26 heteroatoms. The molecule has 3 amide bonds. The lowest BCUT2D eigenvalue weighted by atomic mass is 10.1. The topological polar surface area (TPSA) is 270 Å². The molecule has 3 aliphatic heterocycles. The van der Waals surface area contributed by atoms with Gasteiger partial charge in [-0.25, -0.2) is 54.1 Å². The number of nitrogens with one attached hydrogen (secondary N) is 2. The number of benzene rings is 4. The molecule has 0 saturated carbocycles. The average molecular weight is 1150 g/mol. The van der Waals surface area contributed by atoms with E-state index in [1.807, 2.05) is 144 Å². The number of alkyl carbamates (subject to hydrolysis) is 1. The van der Waals surface area contributed by atoms with Gasteiger partial charge in [0.05, 0.1) is 24.2 Å². The number of rotatable bonds is 13. The molecule has 0 bridgehead atoms. The van der Waals surface area contributed by atoms with Gasteiger partial charge in [0.1, 0.15) is 61.8 Å². The van der Waals surface area contributed by atoms with Crippen LogP contribution in [0, 0.1) is 0 Å². The molecule has 0 unspecified atom stereocenters. The number of nitrogens with zero attached hydrogens (tertiary/aromatic N) is 11. The number of aromatic nitrogens is 9. The Kier molecular flexibility index (Phi) is 24.6. The number of cyclic esters (lactones) is 3. The molecular weight excluding hydrogens is 1090 g/mol. The van der Waals surface area contributed by atoms with E-state index in [4.69, 9.17) is 59.5 Å². The number of para-hydroxylation sites is 2. The lowest BCUT2D eigenvalue weighted by molar-refractivity contribution is 0.176. The van der Waals surface area contributed by atoms with Crippen LogP contribution in [0.25, 0.3) is 0 Å². The van der Waals surface area contributed by atoms with Gasteiger partial charge in [-0.2, -0.15) is 15.0 Å². The minimum atomic E-state index is -0.441. The van der Waals surface area contributed by atoms with E-state index in [1.54, 1.807) is 0 Å². The molecule has 78 heavy (non-hydrogen) atoms. The van der Waals surface area contributed by atoms with Crippen LogP contribution in [0.1, 0.15) is 77.1 Å². The first kappa shape index (κ1) is 61.1. The van der Waals surface area contributed by atoms with E-state index in [1.165, 1.54) is 28.8 Å². The summed E-state index contributed by atoms with van der Waals surface area (Å²) in [4.78, 5) is 71.2. The summed E-state index contributed by atoms with van der Waals surface area (Å²) in [6.45, 7) is 11.2. The first-order valence-corrected chi connectivity index (χ1v) is 25.4. The van der Waals surface area contributed by atoms with Crippen molar-refractivity contribution < 1.29 is 38.1 Å². The number of halogens is 4. The Morgan fingerprint density at radius 2 is 1.01 bits per heavy atom. The highest BCUT2D eigenvalue weighted by molar-refractivity contribution is 6.31. The van der Waals surface area contributed by atoms with Crippen molar-refractivity contribution in [1.82, 2.24) is 50.2 Å². The summed E-state index contributed by atoms with van der Waals surface area (Å²) in [6.07, 6.45) is 5.24. The van der Waals surface area contributed by atoms with E-state index >= 15 is 0 Å². The second-order valence-electron chi connectivity index (χ2n) is 16.7. The van der Waals surface area contributed by atoms with Crippen molar-refractivity contribution in [2.24, 2.45) is 5.73 Å². The molecule has 3 fully saturated rings. The molecule has 3 saturated heterocycles. The number of ether oxygens (including phenoxy) is 5. The summed E-state index contributed by atoms with van der Waals surface area (Å²) in [6, 6.07) is 35.2. The van der Waals surface area contributed by atoms with Gasteiger partial charge in [0.15, 0.2) is 0 Å². The number of carbonyl (C=O) groups is 3. The van der Waals surface area contributed by atoms with Crippen LogP contribution in [-0.2, 0) is 14.2 Å². The molecule has 3 aliphatic rings. The summed E-state index contributed by atoms with van der Waals surface area (Å²) in [5.41, 5.74) is 7.93. The fourth-order valence-corrected chi connectivity index (χ4v) is 7.37. The van der Waals surface area contributed by atoms with Gasteiger partial charge in [0.2, 0.25) is 33.7 Å². The third-order valence-corrected chi connectivity index (χ3v) is 11.8. The van der Waals surface area contributed by atoms with Gasteiger partial charge in [-0.3, -0.25) is 0 Å². The number of amides is 3. The molecule has 4 N–H and O–H groups in total. The first-order valence-electron chi connectivity index (χ1n) is 24.3. The maximum Gasteiger partial charge on any atom is 0.417 e. The van der Waals surface area contributed by atoms with Crippen molar-refractivity contribution in [3.63, 3.8) is 0 Å². The quantitative estimate of drug-likeness (QED) is 0.0905. The largest absolute Gasteiger partial charge is 0.457 e. The highest BCUT2D eigenvalue weighted by atomic mass is 35.5. The van der Waals surface area contributed by atoms with E-state index in [2.05, 4.69) is 60.2 Å². The highest BCUT2D eigenvalue weighted by Crippen LogP contribution is 2.27. The monoisotopic (exact) mass is 1150 g/mol. The van der Waals surface area contributed by atoms with Gasteiger partial charge in [0, 0.05) is 6.04 Å². The Balaban J connectivity index is 0.000000197. The summed E-state index contributed by atoms with van der Waals surface area (Å²) in [7, 11) is 0. The van der Waals surface area contributed by atoms with Crippen molar-refractivity contribution in [2.75, 3.05) is 34.9 Å². The number of anilines is 3. The predicted molar refractivity (Wildman–Crippen MR) is 297 cm³/mol. The third kappa shape index (κ3) is 19.1. The van der Waals surface area contributed by atoms with Crippen LogP contribution in [0.15, 0.2) is 128 Å². The van der Waals surface area contributed by atoms with Crippen LogP contribution in [0.4, 0.5) is 32.2 Å². The summed E-state index contributed by atoms with van der Waals surface area (Å²) >= 11 is 16.2. The number of nitrogens with two attached hydrogens (primary N) is 1. The lowest BCUT2D eigenvalue weighted by Gasteiger charge is -2.19. The molecule has 22 nitrogen and oxygen atoms in total. The second kappa shape index (κ2) is 31.5. The van der Waals surface area contributed by atoms with E-state index in [-0.39, 0.29) is 70.5 Å². The molecule has 412 valence electrons. The van der Waals surface area contributed by atoms with Crippen molar-refractivity contribution in [2.45, 2.75) is 84.1 Å². The average Bonchev–Trinajstić information content (AvgIpc) is 4.17. The molecule has 7 aromatic rings. The van der Waals surface area contributed by atoms with E-state index in [9.17, 15) is 14.4 Å².